The van der Waals surface area contributed by atoms with Crippen molar-refractivity contribution in [2.24, 2.45) is 0 Å². The molecule has 0 saturated heterocycles. The minimum atomic E-state index is -4.84. The second-order valence-electron chi connectivity index (χ2n) is 4.88. The van der Waals surface area contributed by atoms with Crippen LogP contribution in [0.2, 0.25) is 0 Å². The molecule has 0 fully saturated rings. The summed E-state index contributed by atoms with van der Waals surface area (Å²) in [5.74, 6) is -2.87. The van der Waals surface area contributed by atoms with Crippen molar-refractivity contribution in [3.05, 3.63) is 60.0 Å². The largest absolute Gasteiger partial charge is 0.525 e. The molecule has 0 atom stereocenters. The summed E-state index contributed by atoms with van der Waals surface area (Å²) in [6.07, 6.45) is 0.939. The van der Waals surface area contributed by atoms with Gasteiger partial charge in [-0.05, 0) is 30.2 Å². The highest BCUT2D eigenvalue weighted by atomic mass is 19.4. The van der Waals surface area contributed by atoms with Crippen molar-refractivity contribution in [3.63, 3.8) is 0 Å². The molecule has 120 valence electrons. The van der Waals surface area contributed by atoms with Gasteiger partial charge in [-0.3, -0.25) is 4.74 Å². The van der Waals surface area contributed by atoms with Crippen molar-refractivity contribution in [2.45, 2.75) is 31.4 Å². The summed E-state index contributed by atoms with van der Waals surface area (Å²) in [4.78, 5) is 0. The van der Waals surface area contributed by atoms with Crippen LogP contribution in [0, 0.1) is 5.82 Å². The third kappa shape index (κ3) is 4.18. The Bertz CT molecular complexity index is 550. The van der Waals surface area contributed by atoms with Crippen LogP contribution in [0.4, 0.5) is 17.6 Å². The molecule has 0 N–H and O–H groups in total. The maximum Gasteiger partial charge on any atom is 0.525 e. The maximum absolute atomic E-state index is 13.7. The van der Waals surface area contributed by atoms with Crippen molar-refractivity contribution in [1.82, 2.24) is 0 Å². The molecule has 0 spiro atoms. The maximum atomic E-state index is 13.7. The first kappa shape index (κ1) is 16.7. The lowest BCUT2D eigenvalue weighted by Gasteiger charge is -2.31. The van der Waals surface area contributed by atoms with Crippen molar-refractivity contribution < 1.29 is 27.0 Å². The fraction of sp³-hybridized carbons (Fsp3) is 0.375. The number of alkyl halides is 3. The van der Waals surface area contributed by atoms with Crippen LogP contribution < -0.4 is 0 Å². The Balaban J connectivity index is 2.22. The lowest BCUT2D eigenvalue weighted by atomic mass is 9.92. The predicted octanol–water partition coefficient (Wildman–Crippen LogP) is 4.69. The van der Waals surface area contributed by atoms with E-state index in [1.807, 2.05) is 0 Å². The van der Waals surface area contributed by atoms with Crippen LogP contribution in [0.15, 0.2) is 48.6 Å². The highest BCUT2D eigenvalue weighted by Crippen LogP contribution is 2.35. The molecule has 6 heteroatoms. The quantitative estimate of drug-likeness (QED) is 0.445. The van der Waals surface area contributed by atoms with Crippen molar-refractivity contribution >= 4 is 0 Å². The normalized spacial score (nSPS) is 24.7. The van der Waals surface area contributed by atoms with Gasteiger partial charge >= 0.3 is 6.36 Å². The van der Waals surface area contributed by atoms with Gasteiger partial charge in [0.05, 0.1) is 6.61 Å². The van der Waals surface area contributed by atoms with Crippen LogP contribution in [-0.4, -0.2) is 18.8 Å². The van der Waals surface area contributed by atoms with Gasteiger partial charge in [-0.25, -0.2) is 4.39 Å². The SMILES string of the molecule is CCCOC1(OC(F)(F)F)C=CC(c2ccccc2F)C=C1. The van der Waals surface area contributed by atoms with Gasteiger partial charge in [-0.2, -0.15) is 0 Å². The van der Waals surface area contributed by atoms with E-state index in [0.717, 1.165) is 0 Å². The molecule has 2 nitrogen and oxygen atoms in total. The fourth-order valence-corrected chi connectivity index (χ4v) is 2.18. The Morgan fingerprint density at radius 2 is 1.77 bits per heavy atom. The van der Waals surface area contributed by atoms with E-state index in [1.54, 1.807) is 25.1 Å². The molecule has 0 saturated carbocycles. The molecule has 2 rings (SSSR count). The van der Waals surface area contributed by atoms with Gasteiger partial charge in [0.2, 0.25) is 5.79 Å². The predicted molar refractivity (Wildman–Crippen MR) is 73.5 cm³/mol. The first-order chi connectivity index (χ1) is 10.4. The molecular formula is C16H16F4O2. The Morgan fingerprint density at radius 3 is 2.32 bits per heavy atom. The lowest BCUT2D eigenvalue weighted by Crippen LogP contribution is -2.39. The second-order valence-corrected chi connectivity index (χ2v) is 4.88. The van der Waals surface area contributed by atoms with E-state index in [-0.39, 0.29) is 6.61 Å². The van der Waals surface area contributed by atoms with Crippen LogP contribution in [0.25, 0.3) is 0 Å². The summed E-state index contributed by atoms with van der Waals surface area (Å²) >= 11 is 0. The second kappa shape index (κ2) is 6.62. The summed E-state index contributed by atoms with van der Waals surface area (Å²) in [7, 11) is 0. The van der Waals surface area contributed by atoms with E-state index in [9.17, 15) is 17.6 Å². The third-order valence-corrected chi connectivity index (χ3v) is 3.14. The van der Waals surface area contributed by atoms with Gasteiger partial charge in [0.15, 0.2) is 0 Å². The Labute approximate surface area is 126 Å². The number of rotatable bonds is 5. The van der Waals surface area contributed by atoms with Crippen LogP contribution in [-0.2, 0) is 9.47 Å². The van der Waals surface area contributed by atoms with Crippen molar-refractivity contribution in [3.8, 4) is 0 Å². The van der Waals surface area contributed by atoms with Crippen LogP contribution in [0.1, 0.15) is 24.8 Å². The van der Waals surface area contributed by atoms with Crippen molar-refractivity contribution in [1.29, 1.82) is 0 Å². The standard InChI is InChI=1S/C16H16F4O2/c1-2-11-21-15(22-16(18,19)20)9-7-12(8-10-15)13-5-3-4-6-14(13)17/h3-10,12H,2,11H2,1H3. The summed E-state index contributed by atoms with van der Waals surface area (Å²) in [5.41, 5.74) is 0.381. The summed E-state index contributed by atoms with van der Waals surface area (Å²) < 4.78 is 60.7. The monoisotopic (exact) mass is 316 g/mol. The first-order valence-corrected chi connectivity index (χ1v) is 6.89. The fourth-order valence-electron chi connectivity index (χ4n) is 2.18. The van der Waals surface area contributed by atoms with E-state index in [1.165, 1.54) is 30.4 Å². The molecule has 1 aliphatic rings. The third-order valence-electron chi connectivity index (χ3n) is 3.14. The average molecular weight is 316 g/mol. The average Bonchev–Trinajstić information content (AvgIpc) is 2.45. The number of allylic oxidation sites excluding steroid dienone is 2. The minimum absolute atomic E-state index is 0.106. The molecule has 1 aromatic carbocycles. The Hall–Kier alpha value is -1.66. The number of halogens is 4. The van der Waals surface area contributed by atoms with Gasteiger partial charge in [-0.15, -0.1) is 13.2 Å². The van der Waals surface area contributed by atoms with Crippen LogP contribution in [0.3, 0.4) is 0 Å². The first-order valence-electron chi connectivity index (χ1n) is 6.89. The van der Waals surface area contributed by atoms with E-state index in [2.05, 4.69) is 4.74 Å². The van der Waals surface area contributed by atoms with E-state index < -0.39 is 23.9 Å². The van der Waals surface area contributed by atoms with Gasteiger partial charge in [-0.1, -0.05) is 37.3 Å². The number of ether oxygens (including phenoxy) is 2. The molecular weight excluding hydrogens is 300 g/mol. The van der Waals surface area contributed by atoms with Gasteiger partial charge in [0, 0.05) is 5.92 Å². The highest BCUT2D eigenvalue weighted by Gasteiger charge is 2.42. The van der Waals surface area contributed by atoms with E-state index >= 15 is 0 Å². The molecule has 0 aliphatic heterocycles. The number of benzene rings is 1. The minimum Gasteiger partial charge on any atom is -0.343 e. The molecule has 0 amide bonds. The van der Waals surface area contributed by atoms with Gasteiger partial charge in [0.25, 0.3) is 0 Å². The summed E-state index contributed by atoms with van der Waals surface area (Å²) in [6, 6.07) is 6.11. The lowest BCUT2D eigenvalue weighted by molar-refractivity contribution is -0.391. The van der Waals surface area contributed by atoms with Crippen LogP contribution >= 0.6 is 0 Å². The Morgan fingerprint density at radius 1 is 1.14 bits per heavy atom. The summed E-state index contributed by atoms with van der Waals surface area (Å²) in [6.45, 7) is 1.88. The smallest absolute Gasteiger partial charge is 0.343 e. The number of hydrogen-bond acceptors (Lipinski definition) is 2. The zero-order valence-corrected chi connectivity index (χ0v) is 11.9. The molecule has 1 aromatic rings. The highest BCUT2D eigenvalue weighted by molar-refractivity contribution is 5.35. The molecule has 0 unspecified atom stereocenters. The molecule has 0 radical (unpaired) electrons. The molecule has 0 aromatic heterocycles. The zero-order valence-electron chi connectivity index (χ0n) is 11.9. The zero-order chi connectivity index (χ0) is 16.2. The van der Waals surface area contributed by atoms with Gasteiger partial charge < -0.3 is 4.74 Å². The Kier molecular flexibility index (Phi) is 5.03. The molecule has 0 bridgehead atoms. The van der Waals surface area contributed by atoms with E-state index in [4.69, 9.17) is 4.74 Å². The van der Waals surface area contributed by atoms with E-state index in [0.29, 0.717) is 12.0 Å². The van der Waals surface area contributed by atoms with Crippen LogP contribution in [0.5, 0.6) is 0 Å². The molecule has 1 aliphatic carbocycles. The topological polar surface area (TPSA) is 18.5 Å². The summed E-state index contributed by atoms with van der Waals surface area (Å²) in [5, 5.41) is 0. The van der Waals surface area contributed by atoms with Crippen molar-refractivity contribution in [2.75, 3.05) is 6.61 Å². The molecule has 22 heavy (non-hydrogen) atoms. The van der Waals surface area contributed by atoms with Gasteiger partial charge in [0.1, 0.15) is 5.82 Å². The number of hydrogen-bond donors (Lipinski definition) is 0. The molecule has 0 heterocycles.